The second kappa shape index (κ2) is 12.4. The Morgan fingerprint density at radius 2 is 1.89 bits per heavy atom. The number of likely N-dealkylation sites (tertiary alicyclic amines) is 1. The quantitative estimate of drug-likeness (QED) is 0.360. The fraction of sp³-hybridized carbons (Fsp3) is 0.607. The lowest BCUT2D eigenvalue weighted by Crippen LogP contribution is -2.41. The molecule has 0 radical (unpaired) electrons. The molecule has 0 spiro atoms. The Labute approximate surface area is 218 Å². The van der Waals surface area contributed by atoms with Crippen molar-refractivity contribution in [1.82, 2.24) is 9.88 Å². The van der Waals surface area contributed by atoms with Crippen molar-refractivity contribution in [1.29, 1.82) is 0 Å². The van der Waals surface area contributed by atoms with E-state index in [4.69, 9.17) is 9.47 Å². The number of benzene rings is 1. The van der Waals surface area contributed by atoms with Crippen LogP contribution in [0.15, 0.2) is 18.2 Å². The molecule has 37 heavy (non-hydrogen) atoms. The van der Waals surface area contributed by atoms with Crippen molar-refractivity contribution < 1.29 is 28.2 Å². The molecule has 9 heteroatoms. The Morgan fingerprint density at radius 3 is 2.51 bits per heavy atom. The van der Waals surface area contributed by atoms with Crippen molar-refractivity contribution in [2.24, 2.45) is 11.8 Å². The van der Waals surface area contributed by atoms with Crippen LogP contribution >= 0.6 is 0 Å². The lowest BCUT2D eigenvalue weighted by molar-refractivity contribution is -0.105. The monoisotopic (exact) mass is 517 g/mol. The molecule has 1 aromatic heterocycles. The van der Waals surface area contributed by atoms with Gasteiger partial charge in [-0.25, -0.2) is 14.0 Å². The van der Waals surface area contributed by atoms with Gasteiger partial charge in [0.1, 0.15) is 5.60 Å². The number of aromatic nitrogens is 1. The zero-order valence-corrected chi connectivity index (χ0v) is 22.6. The highest BCUT2D eigenvalue weighted by molar-refractivity contribution is 5.97. The number of nitrogens with zero attached hydrogens (tertiary/aromatic N) is 1. The molecule has 204 valence electrons. The van der Waals surface area contributed by atoms with Crippen LogP contribution in [0.1, 0.15) is 83.6 Å². The number of carbonyl (C=O) groups is 3. The normalized spacial score (nSPS) is 20.2. The average Bonchev–Trinajstić information content (AvgIpc) is 3.39. The minimum absolute atomic E-state index is 0.127. The SMILES string of the molecule is CC1C(C2CCCCC2)CCN1C(=O)OC(C)(C)C.CCOC(=O)c1[nH]c2ccc(NC=O)cc2c1F. The van der Waals surface area contributed by atoms with E-state index in [1.54, 1.807) is 19.1 Å². The summed E-state index contributed by atoms with van der Waals surface area (Å²) in [6.45, 7) is 10.7. The molecular weight excluding hydrogens is 477 g/mol. The van der Waals surface area contributed by atoms with Crippen LogP contribution in [0.4, 0.5) is 14.9 Å². The fourth-order valence-electron chi connectivity index (χ4n) is 5.39. The van der Waals surface area contributed by atoms with E-state index in [0.29, 0.717) is 29.6 Å². The lowest BCUT2D eigenvalue weighted by atomic mass is 9.77. The van der Waals surface area contributed by atoms with Gasteiger partial charge in [-0.3, -0.25) is 4.79 Å². The molecule has 1 aromatic carbocycles. The van der Waals surface area contributed by atoms with E-state index in [1.165, 1.54) is 38.2 Å². The van der Waals surface area contributed by atoms with Crippen molar-refractivity contribution in [2.75, 3.05) is 18.5 Å². The maximum absolute atomic E-state index is 14.0. The number of aromatic amines is 1. The van der Waals surface area contributed by atoms with E-state index >= 15 is 0 Å². The summed E-state index contributed by atoms with van der Waals surface area (Å²) >= 11 is 0. The van der Waals surface area contributed by atoms with Gasteiger partial charge >= 0.3 is 12.1 Å². The van der Waals surface area contributed by atoms with E-state index in [0.717, 1.165) is 18.9 Å². The van der Waals surface area contributed by atoms with E-state index in [2.05, 4.69) is 17.2 Å². The largest absolute Gasteiger partial charge is 0.461 e. The highest BCUT2D eigenvalue weighted by atomic mass is 19.1. The van der Waals surface area contributed by atoms with Crippen molar-refractivity contribution in [3.8, 4) is 0 Å². The summed E-state index contributed by atoms with van der Waals surface area (Å²) in [6.07, 6.45) is 8.39. The predicted molar refractivity (Wildman–Crippen MR) is 141 cm³/mol. The number of amides is 2. The van der Waals surface area contributed by atoms with E-state index in [1.807, 2.05) is 25.7 Å². The highest BCUT2D eigenvalue weighted by Crippen LogP contribution is 2.39. The molecule has 2 N–H and O–H groups in total. The summed E-state index contributed by atoms with van der Waals surface area (Å²) in [4.78, 5) is 38.6. The Kier molecular flexibility index (Phi) is 9.56. The average molecular weight is 518 g/mol. The summed E-state index contributed by atoms with van der Waals surface area (Å²) in [6, 6.07) is 4.96. The second-order valence-electron chi connectivity index (χ2n) is 10.8. The predicted octanol–water partition coefficient (Wildman–Crippen LogP) is 6.26. The van der Waals surface area contributed by atoms with E-state index in [9.17, 15) is 18.8 Å². The zero-order chi connectivity index (χ0) is 27.2. The molecule has 2 aromatic rings. The highest BCUT2D eigenvalue weighted by Gasteiger charge is 2.40. The van der Waals surface area contributed by atoms with Crippen LogP contribution in [-0.4, -0.2) is 53.2 Å². The van der Waals surface area contributed by atoms with Gasteiger partial charge in [0.15, 0.2) is 11.5 Å². The van der Waals surface area contributed by atoms with Crippen molar-refractivity contribution in [3.05, 3.63) is 29.7 Å². The van der Waals surface area contributed by atoms with Gasteiger partial charge in [0.2, 0.25) is 6.41 Å². The van der Waals surface area contributed by atoms with Crippen LogP contribution in [0, 0.1) is 17.7 Å². The third kappa shape index (κ3) is 7.23. The summed E-state index contributed by atoms with van der Waals surface area (Å²) in [5.41, 5.74) is 0.313. The summed E-state index contributed by atoms with van der Waals surface area (Å²) in [5, 5.41) is 2.64. The van der Waals surface area contributed by atoms with Gasteiger partial charge in [0.25, 0.3) is 0 Å². The second-order valence-corrected chi connectivity index (χ2v) is 10.8. The number of hydrogen-bond acceptors (Lipinski definition) is 5. The van der Waals surface area contributed by atoms with Gasteiger partial charge in [-0.05, 0) is 71.1 Å². The lowest BCUT2D eigenvalue weighted by Gasteiger charge is -2.33. The van der Waals surface area contributed by atoms with E-state index < -0.39 is 11.8 Å². The van der Waals surface area contributed by atoms with Crippen LogP contribution in [0.25, 0.3) is 10.9 Å². The first-order valence-electron chi connectivity index (χ1n) is 13.2. The standard InChI is InChI=1S/C16H29NO2.C12H11FN2O3/c1-12-14(13-8-6-5-7-9-13)10-11-17(12)15(18)19-16(2,3)4;1-2-18-12(17)11-10(13)8-5-7(14-6-16)3-4-9(8)15-11/h12-14H,5-11H2,1-4H3;3-6,15H,2H2,1H3,(H,14,16). The number of nitrogens with one attached hydrogen (secondary N) is 2. The number of esters is 1. The van der Waals surface area contributed by atoms with Crippen LogP contribution in [-0.2, 0) is 14.3 Å². The number of fused-ring (bicyclic) bond motifs is 1. The number of halogens is 1. The molecule has 1 aliphatic carbocycles. The number of H-pyrrole nitrogens is 1. The molecule has 4 rings (SSSR count). The fourth-order valence-corrected chi connectivity index (χ4v) is 5.39. The zero-order valence-electron chi connectivity index (χ0n) is 22.6. The van der Waals surface area contributed by atoms with Gasteiger partial charge in [0, 0.05) is 29.2 Å². The number of carbonyl (C=O) groups excluding carboxylic acids is 3. The Balaban J connectivity index is 0.000000206. The van der Waals surface area contributed by atoms with Gasteiger partial charge in [-0.1, -0.05) is 32.1 Å². The van der Waals surface area contributed by atoms with Crippen LogP contribution in [0.3, 0.4) is 0 Å². The van der Waals surface area contributed by atoms with Gasteiger partial charge in [-0.2, -0.15) is 0 Å². The smallest absolute Gasteiger partial charge is 0.410 e. The summed E-state index contributed by atoms with van der Waals surface area (Å²) in [7, 11) is 0. The molecule has 2 fully saturated rings. The molecule has 1 saturated carbocycles. The molecular formula is C28H40FN3O5. The molecule has 2 heterocycles. The molecule has 2 atom stereocenters. The minimum atomic E-state index is -0.740. The Bertz CT molecular complexity index is 1090. The molecule has 2 aliphatic rings. The Morgan fingerprint density at radius 1 is 1.19 bits per heavy atom. The minimum Gasteiger partial charge on any atom is -0.461 e. The van der Waals surface area contributed by atoms with Crippen molar-refractivity contribution in [2.45, 2.75) is 84.8 Å². The third-order valence-electron chi connectivity index (χ3n) is 7.14. The van der Waals surface area contributed by atoms with Crippen LogP contribution in [0.2, 0.25) is 0 Å². The topological polar surface area (TPSA) is 101 Å². The number of anilines is 1. The number of ether oxygens (including phenoxy) is 2. The molecule has 1 saturated heterocycles. The molecule has 0 bridgehead atoms. The van der Waals surface area contributed by atoms with Gasteiger partial charge in [0.05, 0.1) is 6.61 Å². The summed E-state index contributed by atoms with van der Waals surface area (Å²) in [5.74, 6) is 0.0955. The number of hydrogen-bond donors (Lipinski definition) is 2. The number of rotatable bonds is 5. The first kappa shape index (κ1) is 28.5. The van der Waals surface area contributed by atoms with Crippen LogP contribution < -0.4 is 5.32 Å². The summed E-state index contributed by atoms with van der Waals surface area (Å²) < 4.78 is 24.2. The van der Waals surface area contributed by atoms with Gasteiger partial charge in [-0.15, -0.1) is 0 Å². The molecule has 1 aliphatic heterocycles. The van der Waals surface area contributed by atoms with Crippen molar-refractivity contribution in [3.63, 3.8) is 0 Å². The third-order valence-corrected chi connectivity index (χ3v) is 7.14. The Hall–Kier alpha value is -3.10. The maximum atomic E-state index is 14.0. The maximum Gasteiger partial charge on any atom is 0.410 e. The molecule has 2 amide bonds. The molecule has 8 nitrogen and oxygen atoms in total. The van der Waals surface area contributed by atoms with Gasteiger partial charge < -0.3 is 24.7 Å². The van der Waals surface area contributed by atoms with Crippen molar-refractivity contribution >= 4 is 35.1 Å². The first-order valence-corrected chi connectivity index (χ1v) is 13.2. The first-order chi connectivity index (χ1) is 17.6. The molecule has 2 unspecified atom stereocenters. The van der Waals surface area contributed by atoms with E-state index in [-0.39, 0.29) is 29.4 Å². The van der Waals surface area contributed by atoms with Crippen LogP contribution in [0.5, 0.6) is 0 Å².